The third kappa shape index (κ3) is 2.74. The molecule has 1 unspecified atom stereocenters. The number of benzene rings is 1. The molecule has 1 aromatic rings. The molecule has 0 aliphatic carbocycles. The smallest absolute Gasteiger partial charge is 0.0474 e. The minimum Gasteiger partial charge on any atom is -0.329 e. The highest BCUT2D eigenvalue weighted by Gasteiger charge is 2.22. The van der Waals surface area contributed by atoms with Crippen LogP contribution in [0.4, 0.5) is 0 Å². The number of nitrogens with two attached hydrogens (primary N) is 1. The van der Waals surface area contributed by atoms with Crippen molar-refractivity contribution in [3.05, 3.63) is 34.9 Å². The molecule has 0 spiro atoms. The summed E-state index contributed by atoms with van der Waals surface area (Å²) in [5.74, 6) is 0. The first-order valence-electron chi connectivity index (χ1n) is 5.71. The molecule has 16 heavy (non-hydrogen) atoms. The van der Waals surface area contributed by atoms with Crippen molar-refractivity contribution >= 4 is 11.6 Å². The molecular weight excluding hydrogens is 222 g/mol. The third-order valence-corrected chi connectivity index (χ3v) is 3.24. The first kappa shape index (κ1) is 11.9. The number of hydrogen-bond donors (Lipinski definition) is 2. The maximum absolute atomic E-state index is 6.03. The monoisotopic (exact) mass is 239 g/mol. The first-order chi connectivity index (χ1) is 7.81. The lowest BCUT2D eigenvalue weighted by Crippen LogP contribution is -2.47. The van der Waals surface area contributed by atoms with Crippen LogP contribution in [0.5, 0.6) is 0 Å². The van der Waals surface area contributed by atoms with Crippen LogP contribution in [-0.2, 0) is 0 Å². The average molecular weight is 240 g/mol. The molecule has 0 amide bonds. The zero-order valence-corrected chi connectivity index (χ0v) is 10.1. The van der Waals surface area contributed by atoms with Gasteiger partial charge in [-0.05, 0) is 17.7 Å². The molecule has 2 rings (SSSR count). The molecule has 0 saturated carbocycles. The molecule has 1 saturated heterocycles. The molecule has 3 nitrogen and oxygen atoms in total. The second-order valence-corrected chi connectivity index (χ2v) is 4.54. The van der Waals surface area contributed by atoms with E-state index in [1.54, 1.807) is 0 Å². The van der Waals surface area contributed by atoms with E-state index in [-0.39, 0.29) is 0 Å². The lowest BCUT2D eigenvalue weighted by atomic mass is 10.0. The van der Waals surface area contributed by atoms with Gasteiger partial charge in [0, 0.05) is 43.8 Å². The van der Waals surface area contributed by atoms with Crippen LogP contribution in [-0.4, -0.2) is 37.6 Å². The van der Waals surface area contributed by atoms with E-state index in [4.69, 9.17) is 17.3 Å². The highest BCUT2D eigenvalue weighted by Crippen LogP contribution is 2.23. The minimum atomic E-state index is 0.399. The van der Waals surface area contributed by atoms with Gasteiger partial charge in [0.15, 0.2) is 0 Å². The van der Waals surface area contributed by atoms with E-state index in [0.29, 0.717) is 12.6 Å². The standard InChI is InChI=1S/C12H18ClN3/c13-11-3-1-2-10(8-11)12-9-15-5-7-16(12)6-4-14/h1-3,8,12,15H,4-7,9,14H2. The molecule has 1 atom stereocenters. The van der Waals surface area contributed by atoms with Crippen LogP contribution in [0.25, 0.3) is 0 Å². The van der Waals surface area contributed by atoms with Crippen molar-refractivity contribution in [3.8, 4) is 0 Å². The Bertz CT molecular complexity index is 341. The SMILES string of the molecule is NCCN1CCNCC1c1cccc(Cl)c1. The molecule has 1 fully saturated rings. The summed E-state index contributed by atoms with van der Waals surface area (Å²) in [4.78, 5) is 2.42. The summed E-state index contributed by atoms with van der Waals surface area (Å²) in [6.45, 7) is 4.71. The Morgan fingerprint density at radius 2 is 2.38 bits per heavy atom. The Kier molecular flexibility index (Phi) is 4.18. The Hall–Kier alpha value is -0.610. The lowest BCUT2D eigenvalue weighted by molar-refractivity contribution is 0.167. The van der Waals surface area contributed by atoms with Gasteiger partial charge < -0.3 is 11.1 Å². The van der Waals surface area contributed by atoms with E-state index in [1.807, 2.05) is 18.2 Å². The zero-order valence-electron chi connectivity index (χ0n) is 9.32. The topological polar surface area (TPSA) is 41.3 Å². The van der Waals surface area contributed by atoms with Gasteiger partial charge in [0.05, 0.1) is 0 Å². The van der Waals surface area contributed by atoms with E-state index >= 15 is 0 Å². The van der Waals surface area contributed by atoms with Gasteiger partial charge >= 0.3 is 0 Å². The van der Waals surface area contributed by atoms with Crippen molar-refractivity contribution < 1.29 is 0 Å². The van der Waals surface area contributed by atoms with Crippen molar-refractivity contribution in [1.29, 1.82) is 0 Å². The zero-order chi connectivity index (χ0) is 11.4. The molecule has 4 heteroatoms. The van der Waals surface area contributed by atoms with E-state index in [0.717, 1.165) is 31.2 Å². The van der Waals surface area contributed by atoms with Gasteiger partial charge in [-0.3, -0.25) is 4.90 Å². The van der Waals surface area contributed by atoms with Gasteiger partial charge in [0.25, 0.3) is 0 Å². The van der Waals surface area contributed by atoms with Crippen LogP contribution in [0, 0.1) is 0 Å². The predicted octanol–water partition coefficient (Wildman–Crippen LogP) is 1.25. The van der Waals surface area contributed by atoms with Crippen LogP contribution in [0.2, 0.25) is 5.02 Å². The van der Waals surface area contributed by atoms with Crippen LogP contribution in [0.15, 0.2) is 24.3 Å². The average Bonchev–Trinajstić information content (AvgIpc) is 2.30. The van der Waals surface area contributed by atoms with Crippen LogP contribution in [0.3, 0.4) is 0 Å². The normalized spacial score (nSPS) is 22.2. The van der Waals surface area contributed by atoms with E-state index < -0.39 is 0 Å². The number of nitrogens with zero attached hydrogens (tertiary/aromatic N) is 1. The van der Waals surface area contributed by atoms with Crippen LogP contribution in [0.1, 0.15) is 11.6 Å². The lowest BCUT2D eigenvalue weighted by Gasteiger charge is -2.36. The second kappa shape index (κ2) is 5.64. The summed E-state index contributed by atoms with van der Waals surface area (Å²) >= 11 is 6.03. The third-order valence-electron chi connectivity index (χ3n) is 3.00. The fourth-order valence-electron chi connectivity index (χ4n) is 2.22. The highest BCUT2D eigenvalue weighted by atomic mass is 35.5. The summed E-state index contributed by atoms with van der Waals surface area (Å²) < 4.78 is 0. The first-order valence-corrected chi connectivity index (χ1v) is 6.09. The molecule has 0 radical (unpaired) electrons. The Morgan fingerprint density at radius 1 is 1.50 bits per heavy atom. The van der Waals surface area contributed by atoms with Gasteiger partial charge in [-0.25, -0.2) is 0 Å². The molecule has 0 aromatic heterocycles. The van der Waals surface area contributed by atoms with Crippen molar-refractivity contribution in [2.24, 2.45) is 5.73 Å². The number of piperazine rings is 1. The van der Waals surface area contributed by atoms with Crippen molar-refractivity contribution in [1.82, 2.24) is 10.2 Å². The fourth-order valence-corrected chi connectivity index (χ4v) is 2.42. The van der Waals surface area contributed by atoms with E-state index in [2.05, 4.69) is 16.3 Å². The molecule has 88 valence electrons. The fraction of sp³-hybridized carbons (Fsp3) is 0.500. The van der Waals surface area contributed by atoms with E-state index in [1.165, 1.54) is 5.56 Å². The summed E-state index contributed by atoms with van der Waals surface area (Å²) in [6.07, 6.45) is 0. The summed E-state index contributed by atoms with van der Waals surface area (Å²) in [6, 6.07) is 8.49. The van der Waals surface area contributed by atoms with Crippen molar-refractivity contribution in [3.63, 3.8) is 0 Å². The molecule has 1 aliphatic rings. The quantitative estimate of drug-likeness (QED) is 0.834. The minimum absolute atomic E-state index is 0.399. The maximum Gasteiger partial charge on any atom is 0.0474 e. The molecule has 1 aliphatic heterocycles. The Labute approximate surface area is 102 Å². The molecule has 3 N–H and O–H groups in total. The summed E-state index contributed by atoms with van der Waals surface area (Å²) in [7, 11) is 0. The van der Waals surface area contributed by atoms with Crippen molar-refractivity contribution in [2.45, 2.75) is 6.04 Å². The van der Waals surface area contributed by atoms with Gasteiger partial charge in [-0.1, -0.05) is 23.7 Å². The Balaban J connectivity index is 2.16. The van der Waals surface area contributed by atoms with Crippen LogP contribution < -0.4 is 11.1 Å². The molecule has 0 bridgehead atoms. The predicted molar refractivity (Wildman–Crippen MR) is 67.7 cm³/mol. The number of hydrogen-bond acceptors (Lipinski definition) is 3. The summed E-state index contributed by atoms with van der Waals surface area (Å²) in [5.41, 5.74) is 6.91. The number of halogens is 1. The highest BCUT2D eigenvalue weighted by molar-refractivity contribution is 6.30. The van der Waals surface area contributed by atoms with Gasteiger partial charge in [-0.2, -0.15) is 0 Å². The van der Waals surface area contributed by atoms with Gasteiger partial charge in [0.2, 0.25) is 0 Å². The maximum atomic E-state index is 6.03. The molecule has 1 heterocycles. The van der Waals surface area contributed by atoms with Crippen molar-refractivity contribution in [2.75, 3.05) is 32.7 Å². The largest absolute Gasteiger partial charge is 0.329 e. The molecule has 1 aromatic carbocycles. The second-order valence-electron chi connectivity index (χ2n) is 4.10. The van der Waals surface area contributed by atoms with Crippen LogP contribution >= 0.6 is 11.6 Å². The van der Waals surface area contributed by atoms with Gasteiger partial charge in [0.1, 0.15) is 0 Å². The number of nitrogens with one attached hydrogen (secondary N) is 1. The number of rotatable bonds is 3. The molecular formula is C12H18ClN3. The van der Waals surface area contributed by atoms with E-state index in [9.17, 15) is 0 Å². The summed E-state index contributed by atoms with van der Waals surface area (Å²) in [5, 5.41) is 4.22. The van der Waals surface area contributed by atoms with Gasteiger partial charge in [-0.15, -0.1) is 0 Å². The Morgan fingerprint density at radius 3 is 3.12 bits per heavy atom.